The van der Waals surface area contributed by atoms with Crippen LogP contribution in [0.25, 0.3) is 0 Å². The van der Waals surface area contributed by atoms with Gasteiger partial charge in [-0.25, -0.2) is 4.79 Å². The normalized spacial score (nSPS) is 8.82. The van der Waals surface area contributed by atoms with Gasteiger partial charge in [-0.3, -0.25) is 4.79 Å². The maximum atomic E-state index is 10.4. The average Bonchev–Trinajstić information content (AvgIpc) is 1.97. The molecule has 0 radical (unpaired) electrons. The molecule has 0 aliphatic rings. The van der Waals surface area contributed by atoms with Gasteiger partial charge in [0, 0.05) is 13.0 Å². The predicted molar refractivity (Wildman–Crippen MR) is 38.8 cm³/mol. The lowest BCUT2D eigenvalue weighted by Gasteiger charge is -2.00. The fourth-order valence-electron chi connectivity index (χ4n) is 0.525. The summed E-state index contributed by atoms with van der Waals surface area (Å²) in [7, 11) is 1.28. The number of primary amides is 1. The summed E-state index contributed by atoms with van der Waals surface area (Å²) in [6.07, 6.45) is 0.337. The summed E-state index contributed by atoms with van der Waals surface area (Å²) in [5, 5.41) is 2.42. The van der Waals surface area contributed by atoms with Crippen LogP contribution in [0.3, 0.4) is 0 Å². The third kappa shape index (κ3) is 6.63. The molecule has 0 fully saturated rings. The Morgan fingerprint density at radius 2 is 2.18 bits per heavy atom. The number of hydrogen-bond donors (Lipinski definition) is 2. The van der Waals surface area contributed by atoms with Gasteiger partial charge in [0.15, 0.2) is 0 Å². The first-order valence-corrected chi connectivity index (χ1v) is 3.27. The lowest BCUT2D eigenvalue weighted by Crippen LogP contribution is -2.25. The summed E-state index contributed by atoms with van der Waals surface area (Å²) in [6, 6.07) is 0. The molecule has 0 unspecified atom stereocenters. The van der Waals surface area contributed by atoms with Crippen molar-refractivity contribution in [3.63, 3.8) is 0 Å². The number of alkyl carbamates (subject to hydrolysis) is 1. The molecule has 0 aromatic rings. The van der Waals surface area contributed by atoms with Crippen LogP contribution in [0.4, 0.5) is 4.79 Å². The molecule has 0 aliphatic heterocycles. The minimum absolute atomic E-state index is 0.282. The van der Waals surface area contributed by atoms with Crippen molar-refractivity contribution < 1.29 is 14.3 Å². The first-order valence-electron chi connectivity index (χ1n) is 3.27. The summed E-state index contributed by atoms with van der Waals surface area (Å²) < 4.78 is 4.29. The molecule has 0 bridgehead atoms. The standard InChI is InChI=1S/C6H12N2O3/c1-11-6(10)8-4-2-3-5(7)9/h2-4H2,1H3,(H2,7,9)(H,8,10). The molecule has 0 saturated carbocycles. The van der Waals surface area contributed by atoms with Crippen molar-refractivity contribution in [1.29, 1.82) is 0 Å². The van der Waals surface area contributed by atoms with Crippen LogP contribution in [0, 0.1) is 0 Å². The fraction of sp³-hybridized carbons (Fsp3) is 0.667. The zero-order valence-corrected chi connectivity index (χ0v) is 6.42. The minimum atomic E-state index is -0.491. The van der Waals surface area contributed by atoms with Crippen LogP contribution in [0.2, 0.25) is 0 Å². The Morgan fingerprint density at radius 3 is 2.64 bits per heavy atom. The Bertz CT molecular complexity index is 147. The molecule has 0 aromatic heterocycles. The van der Waals surface area contributed by atoms with E-state index in [1.165, 1.54) is 7.11 Å². The minimum Gasteiger partial charge on any atom is -0.453 e. The van der Waals surface area contributed by atoms with Crippen LogP contribution in [0.1, 0.15) is 12.8 Å². The summed E-state index contributed by atoms with van der Waals surface area (Å²) in [4.78, 5) is 20.6. The van der Waals surface area contributed by atoms with Crippen molar-refractivity contribution in [2.24, 2.45) is 5.73 Å². The lowest BCUT2D eigenvalue weighted by molar-refractivity contribution is -0.118. The summed E-state index contributed by atoms with van der Waals surface area (Å²) in [6.45, 7) is 0.412. The van der Waals surface area contributed by atoms with Gasteiger partial charge in [-0.2, -0.15) is 0 Å². The van der Waals surface area contributed by atoms with Gasteiger partial charge in [0.05, 0.1) is 7.11 Å². The zero-order valence-electron chi connectivity index (χ0n) is 6.42. The summed E-state index contributed by atoms with van der Waals surface area (Å²) >= 11 is 0. The maximum Gasteiger partial charge on any atom is 0.406 e. The topological polar surface area (TPSA) is 81.4 Å². The summed E-state index contributed by atoms with van der Waals surface area (Å²) in [5.41, 5.74) is 4.86. The highest BCUT2D eigenvalue weighted by atomic mass is 16.5. The van der Waals surface area contributed by atoms with E-state index >= 15 is 0 Å². The Kier molecular flexibility index (Phi) is 4.89. The Morgan fingerprint density at radius 1 is 1.55 bits per heavy atom. The molecule has 5 nitrogen and oxygen atoms in total. The second-order valence-electron chi connectivity index (χ2n) is 1.99. The first kappa shape index (κ1) is 9.74. The zero-order chi connectivity index (χ0) is 8.69. The van der Waals surface area contributed by atoms with E-state index < -0.39 is 6.09 Å². The van der Waals surface area contributed by atoms with E-state index in [1.807, 2.05) is 0 Å². The highest BCUT2D eigenvalue weighted by Crippen LogP contribution is 1.84. The summed E-state index contributed by atoms with van der Waals surface area (Å²) in [5.74, 6) is -0.364. The number of carbonyl (C=O) groups excluding carboxylic acids is 2. The second-order valence-corrected chi connectivity index (χ2v) is 1.99. The Hall–Kier alpha value is -1.26. The van der Waals surface area contributed by atoms with Crippen LogP contribution in [-0.2, 0) is 9.53 Å². The van der Waals surface area contributed by atoms with Crippen molar-refractivity contribution in [1.82, 2.24) is 5.32 Å². The molecule has 0 aromatic carbocycles. The predicted octanol–water partition coefficient (Wildman–Crippen LogP) is -0.392. The smallest absolute Gasteiger partial charge is 0.406 e. The molecule has 3 N–H and O–H groups in total. The molecule has 5 heteroatoms. The van der Waals surface area contributed by atoms with Gasteiger partial charge in [0.2, 0.25) is 5.91 Å². The number of rotatable bonds is 4. The molecule has 0 atom stereocenters. The molecule has 0 spiro atoms. The average molecular weight is 160 g/mol. The van der Waals surface area contributed by atoms with Gasteiger partial charge in [-0.15, -0.1) is 0 Å². The van der Waals surface area contributed by atoms with Gasteiger partial charge >= 0.3 is 6.09 Å². The van der Waals surface area contributed by atoms with Crippen LogP contribution in [-0.4, -0.2) is 25.7 Å². The number of hydrogen-bond acceptors (Lipinski definition) is 3. The van der Waals surface area contributed by atoms with Crippen molar-refractivity contribution in [2.75, 3.05) is 13.7 Å². The van der Waals surface area contributed by atoms with Crippen LogP contribution >= 0.6 is 0 Å². The molecule has 0 heterocycles. The van der Waals surface area contributed by atoms with Gasteiger partial charge in [-0.1, -0.05) is 0 Å². The van der Waals surface area contributed by atoms with E-state index in [2.05, 4.69) is 10.1 Å². The number of nitrogens with two attached hydrogens (primary N) is 1. The number of amides is 2. The molecule has 2 amide bonds. The van der Waals surface area contributed by atoms with E-state index in [0.717, 1.165) is 0 Å². The fourth-order valence-corrected chi connectivity index (χ4v) is 0.525. The van der Waals surface area contributed by atoms with E-state index in [1.54, 1.807) is 0 Å². The monoisotopic (exact) mass is 160 g/mol. The molecule has 64 valence electrons. The highest BCUT2D eigenvalue weighted by Gasteiger charge is 1.97. The van der Waals surface area contributed by atoms with Crippen LogP contribution < -0.4 is 11.1 Å². The largest absolute Gasteiger partial charge is 0.453 e. The number of methoxy groups -OCH3 is 1. The highest BCUT2D eigenvalue weighted by molar-refractivity contribution is 5.73. The van der Waals surface area contributed by atoms with Crippen LogP contribution in [0.5, 0.6) is 0 Å². The van der Waals surface area contributed by atoms with Gasteiger partial charge in [0.1, 0.15) is 0 Å². The van der Waals surface area contributed by atoms with E-state index in [-0.39, 0.29) is 12.3 Å². The number of ether oxygens (including phenoxy) is 1. The molecule has 0 aliphatic carbocycles. The molecular formula is C6H12N2O3. The third-order valence-electron chi connectivity index (χ3n) is 1.05. The number of carbonyl (C=O) groups is 2. The molecule has 11 heavy (non-hydrogen) atoms. The van der Waals surface area contributed by atoms with E-state index in [4.69, 9.17) is 5.73 Å². The van der Waals surface area contributed by atoms with Crippen molar-refractivity contribution in [2.45, 2.75) is 12.8 Å². The van der Waals surface area contributed by atoms with E-state index in [0.29, 0.717) is 13.0 Å². The molecular weight excluding hydrogens is 148 g/mol. The van der Waals surface area contributed by atoms with Gasteiger partial charge in [-0.05, 0) is 6.42 Å². The third-order valence-corrected chi connectivity index (χ3v) is 1.05. The number of nitrogens with one attached hydrogen (secondary N) is 1. The second kappa shape index (κ2) is 5.52. The quantitative estimate of drug-likeness (QED) is 0.549. The van der Waals surface area contributed by atoms with E-state index in [9.17, 15) is 9.59 Å². The van der Waals surface area contributed by atoms with Crippen molar-refractivity contribution >= 4 is 12.0 Å². The Labute approximate surface area is 64.9 Å². The van der Waals surface area contributed by atoms with Crippen molar-refractivity contribution in [3.8, 4) is 0 Å². The maximum absolute atomic E-state index is 10.4. The molecule has 0 saturated heterocycles. The SMILES string of the molecule is COC(=O)NCCCC(N)=O. The Balaban J connectivity index is 3.14. The lowest BCUT2D eigenvalue weighted by atomic mass is 10.3. The van der Waals surface area contributed by atoms with Crippen LogP contribution in [0.15, 0.2) is 0 Å². The molecule has 0 rings (SSSR count). The first-order chi connectivity index (χ1) is 5.16. The van der Waals surface area contributed by atoms with Gasteiger partial charge in [0.25, 0.3) is 0 Å². The van der Waals surface area contributed by atoms with Gasteiger partial charge < -0.3 is 15.8 Å². The van der Waals surface area contributed by atoms with Crippen molar-refractivity contribution in [3.05, 3.63) is 0 Å².